The lowest BCUT2D eigenvalue weighted by atomic mass is 10.1. The predicted molar refractivity (Wildman–Crippen MR) is 41.7 cm³/mol. The Morgan fingerprint density at radius 1 is 0.833 bits per heavy atom. The lowest BCUT2D eigenvalue weighted by Crippen LogP contribution is -2.61. The Labute approximate surface area is 95.2 Å². The molecule has 0 saturated carbocycles. The van der Waals surface area contributed by atoms with Gasteiger partial charge in [0.05, 0.1) is 6.61 Å². The molecule has 1 nitrogen and oxygen atoms in total. The van der Waals surface area contributed by atoms with Crippen LogP contribution in [0.2, 0.25) is 0 Å². The number of hydrogen-bond donors (Lipinski definition) is 0. The van der Waals surface area contributed by atoms with Crippen LogP contribution in [0.5, 0.6) is 0 Å². The van der Waals surface area contributed by atoms with Gasteiger partial charge in [0, 0.05) is 0 Å². The fourth-order valence-corrected chi connectivity index (χ4v) is 0.700. The summed E-state index contributed by atoms with van der Waals surface area (Å²) in [5, 5.41) is 0. The number of ether oxygens (including phenoxy) is 1. The summed E-state index contributed by atoms with van der Waals surface area (Å²) in [6.45, 7) is 0.0248. The van der Waals surface area contributed by atoms with Crippen molar-refractivity contribution in [1.82, 2.24) is 0 Å². The van der Waals surface area contributed by atoms with E-state index >= 15 is 0 Å². The van der Waals surface area contributed by atoms with E-state index in [1.165, 1.54) is 6.92 Å². The summed E-state index contributed by atoms with van der Waals surface area (Å²) in [5.41, 5.74) is 0. The van der Waals surface area contributed by atoms with Gasteiger partial charge in [0.1, 0.15) is 0 Å². The highest BCUT2D eigenvalue weighted by Crippen LogP contribution is 2.53. The minimum atomic E-state index is -6.92. The van der Waals surface area contributed by atoms with Crippen molar-refractivity contribution in [2.45, 2.75) is 31.1 Å². The van der Waals surface area contributed by atoms with E-state index in [1.54, 1.807) is 0 Å². The summed E-state index contributed by atoms with van der Waals surface area (Å²) >= 11 is 0. The Kier molecular flexibility index (Phi) is 4.72. The summed E-state index contributed by atoms with van der Waals surface area (Å²) in [5.74, 6) is -13.6. The molecule has 0 aliphatic heterocycles. The molecule has 0 N–H and O–H groups in total. The van der Waals surface area contributed by atoms with E-state index in [0.717, 1.165) is 12.2 Å². The maximum atomic E-state index is 12.6. The van der Waals surface area contributed by atoms with Crippen LogP contribution in [0.4, 0.5) is 39.5 Å². The van der Waals surface area contributed by atoms with Crippen molar-refractivity contribution in [2.75, 3.05) is 6.61 Å². The second-order valence-electron chi connectivity index (χ2n) is 3.04. The zero-order chi connectivity index (χ0) is 14.8. The van der Waals surface area contributed by atoms with Crippen LogP contribution in [0.3, 0.4) is 0 Å². The SMILES string of the molecule is CC=CCOC(F)(F)C(F)(F)C(F)(F)C(F)(F)F. The van der Waals surface area contributed by atoms with Gasteiger partial charge in [-0.05, 0) is 6.92 Å². The molecule has 108 valence electrons. The molecule has 0 saturated heterocycles. The lowest BCUT2D eigenvalue weighted by molar-refractivity contribution is -0.442. The van der Waals surface area contributed by atoms with Crippen LogP contribution in [-0.2, 0) is 4.74 Å². The van der Waals surface area contributed by atoms with Crippen LogP contribution >= 0.6 is 0 Å². The molecule has 10 heteroatoms. The van der Waals surface area contributed by atoms with Gasteiger partial charge < -0.3 is 4.74 Å². The van der Waals surface area contributed by atoms with Crippen LogP contribution in [0.1, 0.15) is 6.92 Å². The molecule has 0 bridgehead atoms. The summed E-state index contributed by atoms with van der Waals surface area (Å²) in [7, 11) is 0. The average Bonchev–Trinajstić information content (AvgIpc) is 2.15. The molecule has 0 heterocycles. The summed E-state index contributed by atoms with van der Waals surface area (Å²) < 4.78 is 113. The highest BCUT2D eigenvalue weighted by Gasteiger charge is 2.82. The van der Waals surface area contributed by atoms with E-state index in [4.69, 9.17) is 0 Å². The molecule has 0 aliphatic carbocycles. The first kappa shape index (κ1) is 17.1. The fourth-order valence-electron chi connectivity index (χ4n) is 0.700. The Balaban J connectivity index is 5.22. The molecule has 18 heavy (non-hydrogen) atoms. The molecule has 0 radical (unpaired) electrons. The van der Waals surface area contributed by atoms with Gasteiger partial charge in [0.2, 0.25) is 0 Å². The predicted octanol–water partition coefficient (Wildman–Crippen LogP) is 4.00. The highest BCUT2D eigenvalue weighted by atomic mass is 19.4. The van der Waals surface area contributed by atoms with Gasteiger partial charge in [-0.15, -0.1) is 0 Å². The molecule has 0 spiro atoms. The van der Waals surface area contributed by atoms with Crippen molar-refractivity contribution in [1.29, 1.82) is 0 Å². The minimum absolute atomic E-state index is 0.732. The largest absolute Gasteiger partial charge is 0.460 e. The maximum absolute atomic E-state index is 12.6. The van der Waals surface area contributed by atoms with Crippen LogP contribution in [-0.4, -0.2) is 30.7 Å². The zero-order valence-corrected chi connectivity index (χ0v) is 8.67. The second kappa shape index (κ2) is 4.98. The van der Waals surface area contributed by atoms with Crippen LogP contribution in [0.15, 0.2) is 12.2 Å². The molecule has 0 aromatic heterocycles. The molecule has 0 atom stereocenters. The first-order chi connectivity index (χ1) is 7.81. The van der Waals surface area contributed by atoms with Gasteiger partial charge in [-0.25, -0.2) is 0 Å². The van der Waals surface area contributed by atoms with E-state index in [9.17, 15) is 39.5 Å². The van der Waals surface area contributed by atoms with Crippen molar-refractivity contribution in [3.8, 4) is 0 Å². The van der Waals surface area contributed by atoms with Gasteiger partial charge >= 0.3 is 24.1 Å². The number of halogens is 9. The van der Waals surface area contributed by atoms with Crippen molar-refractivity contribution < 1.29 is 44.3 Å². The van der Waals surface area contributed by atoms with E-state index in [-0.39, 0.29) is 0 Å². The van der Waals surface area contributed by atoms with Gasteiger partial charge in [-0.2, -0.15) is 39.5 Å². The topological polar surface area (TPSA) is 9.23 Å². The first-order valence-corrected chi connectivity index (χ1v) is 4.26. The number of rotatable bonds is 5. The summed E-state index contributed by atoms with van der Waals surface area (Å²) in [6, 6.07) is 0. The monoisotopic (exact) mass is 290 g/mol. The second-order valence-corrected chi connectivity index (χ2v) is 3.04. The molecular weight excluding hydrogens is 283 g/mol. The molecule has 0 fully saturated rings. The van der Waals surface area contributed by atoms with E-state index in [0.29, 0.717) is 0 Å². The van der Waals surface area contributed by atoms with E-state index in [2.05, 4.69) is 4.74 Å². The van der Waals surface area contributed by atoms with Crippen LogP contribution in [0, 0.1) is 0 Å². The molecule has 0 aromatic carbocycles. The minimum Gasteiger partial charge on any atom is -0.311 e. The average molecular weight is 290 g/mol. The summed E-state index contributed by atoms with van der Waals surface area (Å²) in [6.07, 6.45) is -11.0. The molecular formula is C8H7F9O. The number of allylic oxidation sites excluding steroid dienone is 1. The lowest BCUT2D eigenvalue weighted by Gasteiger charge is -2.32. The van der Waals surface area contributed by atoms with Crippen LogP contribution in [0.25, 0.3) is 0 Å². The molecule has 0 rings (SSSR count). The highest BCUT2D eigenvalue weighted by molar-refractivity contribution is 4.97. The quantitative estimate of drug-likeness (QED) is 0.549. The third kappa shape index (κ3) is 2.90. The molecule has 0 aromatic rings. The van der Waals surface area contributed by atoms with Crippen molar-refractivity contribution in [2.24, 2.45) is 0 Å². The normalized spacial score (nSPS) is 15.4. The third-order valence-electron chi connectivity index (χ3n) is 1.71. The number of alkyl halides is 9. The zero-order valence-electron chi connectivity index (χ0n) is 8.67. The molecule has 0 unspecified atom stereocenters. The van der Waals surface area contributed by atoms with Crippen molar-refractivity contribution in [3.63, 3.8) is 0 Å². The van der Waals surface area contributed by atoms with Gasteiger partial charge in [0.25, 0.3) is 0 Å². The fraction of sp³-hybridized carbons (Fsp3) is 0.750. The Hall–Kier alpha value is -0.930. The summed E-state index contributed by atoms with van der Waals surface area (Å²) in [4.78, 5) is 0. The third-order valence-corrected chi connectivity index (χ3v) is 1.71. The van der Waals surface area contributed by atoms with Gasteiger partial charge in [-0.1, -0.05) is 12.2 Å². The van der Waals surface area contributed by atoms with Gasteiger partial charge in [-0.3, -0.25) is 0 Å². The van der Waals surface area contributed by atoms with Crippen molar-refractivity contribution in [3.05, 3.63) is 12.2 Å². The Morgan fingerprint density at radius 3 is 1.61 bits per heavy atom. The molecule has 0 amide bonds. The standard InChI is InChI=1S/C8H7F9O/c1-2-3-4-18-8(16,17)6(11,12)5(9,10)7(13,14)15/h2-3H,4H2,1H3. The van der Waals surface area contributed by atoms with Gasteiger partial charge in [0.15, 0.2) is 0 Å². The van der Waals surface area contributed by atoms with E-state index in [1.807, 2.05) is 0 Å². The van der Waals surface area contributed by atoms with Crippen molar-refractivity contribution >= 4 is 0 Å². The Bertz CT molecular complexity index is 304. The maximum Gasteiger partial charge on any atom is 0.460 e. The Morgan fingerprint density at radius 2 is 1.28 bits per heavy atom. The smallest absolute Gasteiger partial charge is 0.311 e. The number of hydrogen-bond acceptors (Lipinski definition) is 1. The van der Waals surface area contributed by atoms with E-state index < -0.39 is 30.7 Å². The first-order valence-electron chi connectivity index (χ1n) is 4.26. The van der Waals surface area contributed by atoms with Crippen LogP contribution < -0.4 is 0 Å². The molecule has 0 aliphatic rings.